The third kappa shape index (κ3) is 4.39. The lowest BCUT2D eigenvalue weighted by molar-refractivity contribution is 1.23. The van der Waals surface area contributed by atoms with Crippen LogP contribution in [0.3, 0.4) is 0 Å². The van der Waals surface area contributed by atoms with E-state index < -0.39 is 0 Å². The van der Waals surface area contributed by atoms with Crippen molar-refractivity contribution in [2.45, 2.75) is 0 Å². The van der Waals surface area contributed by atoms with E-state index in [-0.39, 0.29) is 0 Å². The Morgan fingerprint density at radius 1 is 0.348 bits per heavy atom. The summed E-state index contributed by atoms with van der Waals surface area (Å²) >= 11 is 0. The lowest BCUT2D eigenvalue weighted by Crippen LogP contribution is -1.98. The molecule has 3 aromatic heterocycles. The number of hydrogen-bond donors (Lipinski definition) is 0. The summed E-state index contributed by atoms with van der Waals surface area (Å²) in [6.07, 6.45) is 0. The van der Waals surface area contributed by atoms with Crippen molar-refractivity contribution in [3.8, 4) is 45.2 Å². The van der Waals surface area contributed by atoms with Gasteiger partial charge in [-0.2, -0.15) is 0 Å². The summed E-state index contributed by atoms with van der Waals surface area (Å²) in [6, 6.07) is 54.4. The van der Waals surface area contributed by atoms with E-state index in [1.807, 2.05) is 42.5 Å². The highest BCUT2D eigenvalue weighted by atomic mass is 14.9. The molecule has 0 aliphatic carbocycles. The third-order valence-electron chi connectivity index (χ3n) is 8.66. The smallest absolute Gasteiger partial charge is 0.160 e. The van der Waals surface area contributed by atoms with E-state index >= 15 is 0 Å². The molecule has 0 atom stereocenters. The number of rotatable bonds is 4. The molecule has 4 heteroatoms. The maximum Gasteiger partial charge on any atom is 0.160 e. The number of aromatic nitrogens is 4. The van der Waals surface area contributed by atoms with Gasteiger partial charge in [0, 0.05) is 38.4 Å². The molecule has 0 radical (unpaired) electrons. The van der Waals surface area contributed by atoms with Gasteiger partial charge >= 0.3 is 0 Å². The summed E-state index contributed by atoms with van der Waals surface area (Å²) in [5.74, 6) is 0.698. The van der Waals surface area contributed by atoms with Crippen molar-refractivity contribution in [2.24, 2.45) is 0 Å². The first kappa shape index (κ1) is 26.2. The highest BCUT2D eigenvalue weighted by molar-refractivity contribution is 6.09. The van der Waals surface area contributed by atoms with Gasteiger partial charge < -0.3 is 0 Å². The van der Waals surface area contributed by atoms with E-state index in [0.29, 0.717) is 5.82 Å². The minimum atomic E-state index is 0.698. The van der Waals surface area contributed by atoms with Crippen LogP contribution in [0.15, 0.2) is 158 Å². The molecule has 0 aliphatic heterocycles. The van der Waals surface area contributed by atoms with Crippen molar-refractivity contribution in [2.75, 3.05) is 0 Å². The number of benzene rings is 6. The molecular weight excluding hydrogens is 560 g/mol. The molecule has 4 nitrogen and oxygen atoms in total. The third-order valence-corrected chi connectivity index (χ3v) is 8.66. The highest BCUT2D eigenvalue weighted by Gasteiger charge is 2.19. The maximum absolute atomic E-state index is 5.40. The van der Waals surface area contributed by atoms with Gasteiger partial charge in [0.1, 0.15) is 0 Å². The lowest BCUT2D eigenvalue weighted by Gasteiger charge is -2.16. The minimum absolute atomic E-state index is 0.698. The Kier molecular flexibility index (Phi) is 6.10. The lowest BCUT2D eigenvalue weighted by atomic mass is 9.92. The molecule has 3 heterocycles. The van der Waals surface area contributed by atoms with Crippen molar-refractivity contribution in [1.29, 1.82) is 0 Å². The van der Waals surface area contributed by atoms with Crippen LogP contribution in [0.25, 0.3) is 88.6 Å². The second-order valence-electron chi connectivity index (χ2n) is 11.5. The number of para-hydroxylation sites is 1. The summed E-state index contributed by atoms with van der Waals surface area (Å²) in [5, 5.41) is 5.37. The van der Waals surface area contributed by atoms with E-state index in [4.69, 9.17) is 19.9 Å². The van der Waals surface area contributed by atoms with Crippen LogP contribution in [0.4, 0.5) is 0 Å². The van der Waals surface area contributed by atoms with Crippen molar-refractivity contribution in [3.63, 3.8) is 0 Å². The summed E-state index contributed by atoms with van der Waals surface area (Å²) in [4.78, 5) is 20.8. The molecule has 0 saturated heterocycles. The minimum Gasteiger partial charge on any atom is -0.245 e. The van der Waals surface area contributed by atoms with Crippen LogP contribution >= 0.6 is 0 Å². The average Bonchev–Trinajstić information content (AvgIpc) is 3.14. The van der Waals surface area contributed by atoms with Crippen LogP contribution in [0, 0.1) is 0 Å². The van der Waals surface area contributed by atoms with Gasteiger partial charge in [0.05, 0.1) is 33.6 Å². The number of fused-ring (bicyclic) bond motifs is 5. The second-order valence-corrected chi connectivity index (χ2v) is 11.5. The predicted molar refractivity (Wildman–Crippen MR) is 189 cm³/mol. The Labute approximate surface area is 265 Å². The molecule has 214 valence electrons. The monoisotopic (exact) mass is 586 g/mol. The molecule has 0 unspecified atom stereocenters. The van der Waals surface area contributed by atoms with Gasteiger partial charge in [-0.15, -0.1) is 0 Å². The maximum atomic E-state index is 5.40. The van der Waals surface area contributed by atoms with Crippen LogP contribution in [-0.4, -0.2) is 19.9 Å². The molecule has 9 aromatic rings. The molecule has 0 bridgehead atoms. The van der Waals surface area contributed by atoms with Gasteiger partial charge in [-0.1, -0.05) is 140 Å². The van der Waals surface area contributed by atoms with Gasteiger partial charge in [-0.25, -0.2) is 19.9 Å². The summed E-state index contributed by atoms with van der Waals surface area (Å²) in [7, 11) is 0. The zero-order valence-corrected chi connectivity index (χ0v) is 24.8. The Morgan fingerprint density at radius 2 is 0.913 bits per heavy atom. The summed E-state index contributed by atoms with van der Waals surface area (Å²) in [6.45, 7) is 0. The second kappa shape index (κ2) is 10.7. The predicted octanol–water partition coefficient (Wildman–Crippen LogP) is 10.5. The molecular formula is C42H26N4. The van der Waals surface area contributed by atoms with Crippen molar-refractivity contribution >= 4 is 43.5 Å². The Bertz CT molecular complexity index is 2580. The van der Waals surface area contributed by atoms with Gasteiger partial charge in [-0.3, -0.25) is 0 Å². The molecule has 46 heavy (non-hydrogen) atoms. The van der Waals surface area contributed by atoms with E-state index in [1.165, 1.54) is 0 Å². The van der Waals surface area contributed by atoms with Crippen LogP contribution < -0.4 is 0 Å². The van der Waals surface area contributed by atoms with Gasteiger partial charge in [0.25, 0.3) is 0 Å². The van der Waals surface area contributed by atoms with Gasteiger partial charge in [0.15, 0.2) is 5.82 Å². The quantitative estimate of drug-likeness (QED) is 0.193. The number of nitrogens with zero attached hydrogens (tertiary/aromatic N) is 4. The molecule has 0 aliphatic rings. The van der Waals surface area contributed by atoms with E-state index in [0.717, 1.165) is 82.8 Å². The molecule has 6 aromatic carbocycles. The highest BCUT2D eigenvalue weighted by Crippen LogP contribution is 2.40. The van der Waals surface area contributed by atoms with Crippen molar-refractivity contribution < 1.29 is 0 Å². The molecule has 0 spiro atoms. The zero-order valence-electron chi connectivity index (χ0n) is 24.8. The fourth-order valence-electron chi connectivity index (χ4n) is 6.42. The topological polar surface area (TPSA) is 51.6 Å². The van der Waals surface area contributed by atoms with Crippen LogP contribution in [0.2, 0.25) is 0 Å². The van der Waals surface area contributed by atoms with Gasteiger partial charge in [-0.05, 0) is 29.0 Å². The Balaban J connectivity index is 1.34. The van der Waals surface area contributed by atoms with Gasteiger partial charge in [0.2, 0.25) is 0 Å². The fourth-order valence-corrected chi connectivity index (χ4v) is 6.42. The molecule has 0 fully saturated rings. The number of pyridine rings is 2. The molecule has 0 saturated carbocycles. The van der Waals surface area contributed by atoms with Crippen molar-refractivity contribution in [3.05, 3.63) is 158 Å². The summed E-state index contributed by atoms with van der Waals surface area (Å²) in [5.41, 5.74) is 9.48. The SMILES string of the molecule is c1ccc(-c2ccc3ccc4ccc(-c5c(-c6nc(-c7ccccc7)nc7ccccc67)ccc6ccccc56)nc4c3n2)cc1. The van der Waals surface area contributed by atoms with Crippen LogP contribution in [0.5, 0.6) is 0 Å². The average molecular weight is 587 g/mol. The van der Waals surface area contributed by atoms with E-state index in [9.17, 15) is 0 Å². The Hall–Kier alpha value is -6.26. The fraction of sp³-hybridized carbons (Fsp3) is 0. The largest absolute Gasteiger partial charge is 0.245 e. The summed E-state index contributed by atoms with van der Waals surface area (Å²) < 4.78 is 0. The first-order valence-electron chi connectivity index (χ1n) is 15.4. The molecule has 0 amide bonds. The number of hydrogen-bond acceptors (Lipinski definition) is 4. The van der Waals surface area contributed by atoms with Crippen molar-refractivity contribution in [1.82, 2.24) is 19.9 Å². The first-order chi connectivity index (χ1) is 22.8. The van der Waals surface area contributed by atoms with E-state index in [2.05, 4.69) is 115 Å². The molecule has 0 N–H and O–H groups in total. The molecule has 9 rings (SSSR count). The normalized spacial score (nSPS) is 11.5. The van der Waals surface area contributed by atoms with Crippen LogP contribution in [-0.2, 0) is 0 Å². The standard InChI is InChI=1S/C42H26N4/c1-3-12-28(13-4-1)35-25-22-29-19-20-30-23-26-37(44-40(30)39(29)43-35)38-32-16-8-7-11-27(32)21-24-34(38)41-33-17-9-10-18-36(33)45-42(46-41)31-14-5-2-6-15-31/h1-26H. The zero-order chi connectivity index (χ0) is 30.5. The first-order valence-corrected chi connectivity index (χ1v) is 15.4. The van der Waals surface area contributed by atoms with Crippen LogP contribution in [0.1, 0.15) is 0 Å². The Morgan fingerprint density at radius 3 is 1.67 bits per heavy atom. The van der Waals surface area contributed by atoms with E-state index in [1.54, 1.807) is 0 Å².